The minimum atomic E-state index is -0.897. The normalized spacial score (nSPS) is 17.5. The van der Waals surface area contributed by atoms with Crippen LogP contribution in [0, 0.1) is 13.8 Å². The van der Waals surface area contributed by atoms with Crippen LogP contribution in [0.4, 0.5) is 0 Å². The molecular formula is C33H42N4O6S. The maximum absolute atomic E-state index is 12.5. The van der Waals surface area contributed by atoms with Gasteiger partial charge in [-0.05, 0) is 87.3 Å². The van der Waals surface area contributed by atoms with Gasteiger partial charge in [0.2, 0.25) is 5.91 Å². The summed E-state index contributed by atoms with van der Waals surface area (Å²) in [5, 5.41) is 21.9. The number of rotatable bonds is 14. The Bertz CT molecular complexity index is 1620. The summed E-state index contributed by atoms with van der Waals surface area (Å²) in [6.07, 6.45) is 2.53. The molecule has 2 atom stereocenters. The summed E-state index contributed by atoms with van der Waals surface area (Å²) < 4.78 is 0. The molecule has 2 amide bonds. The number of carboxylic acid groups (broad SMARTS) is 2. The molecule has 0 spiro atoms. The lowest BCUT2D eigenvalue weighted by atomic mass is 9.95. The molecule has 2 aliphatic rings. The van der Waals surface area contributed by atoms with Crippen LogP contribution in [0.1, 0.15) is 92.0 Å². The Hall–Kier alpha value is -3.86. The summed E-state index contributed by atoms with van der Waals surface area (Å²) in [5.74, 6) is -2.10. The number of carboxylic acids is 2. The third-order valence-electron chi connectivity index (χ3n) is 9.06. The molecule has 0 aliphatic carbocycles. The first kappa shape index (κ1) is 33.0. The molecule has 2 aromatic rings. The SMILES string of the molecule is CCC1=C(C)C(Cc2[nH]c(Cc3[nH]c(C[C@H]4NC(=O)C(C)=C4[C@@H](C)S)c(C)c3CCC(=O)O)c(CCC(=O)O)c2C)=NC1=O. The standard InChI is InChI=1S/C33H42N4O6S/c1-7-20-15(2)25(36-33(20)43)12-23-16(3)21(8-10-29(38)39)26(34-23)14-27-22(9-11-30(40)41)17(4)24(35-27)13-28-31(19(6)44)18(5)32(42)37-28/h19,28,34-35,44H,7-14H2,1-6H3,(H,37,42)(H,38,39)(H,40,41)/t19-,28-/m1/s1. The van der Waals surface area contributed by atoms with E-state index in [0.29, 0.717) is 55.4 Å². The van der Waals surface area contributed by atoms with E-state index >= 15 is 0 Å². The van der Waals surface area contributed by atoms with Crippen molar-refractivity contribution < 1.29 is 29.4 Å². The average molecular weight is 623 g/mol. The number of aromatic nitrogens is 2. The number of amides is 2. The fourth-order valence-corrected chi connectivity index (χ4v) is 6.96. The quantitative estimate of drug-likeness (QED) is 0.170. The zero-order valence-electron chi connectivity index (χ0n) is 26.2. The Morgan fingerprint density at radius 2 is 1.41 bits per heavy atom. The molecule has 0 bridgehead atoms. The summed E-state index contributed by atoms with van der Waals surface area (Å²) >= 11 is 4.61. The molecule has 44 heavy (non-hydrogen) atoms. The van der Waals surface area contributed by atoms with Gasteiger partial charge in [0.25, 0.3) is 5.91 Å². The molecule has 0 unspecified atom stereocenters. The van der Waals surface area contributed by atoms with Crippen molar-refractivity contribution >= 4 is 42.1 Å². The van der Waals surface area contributed by atoms with E-state index in [-0.39, 0.29) is 35.9 Å². The van der Waals surface area contributed by atoms with E-state index in [2.05, 4.69) is 32.9 Å². The number of hydrogen-bond acceptors (Lipinski definition) is 5. The largest absolute Gasteiger partial charge is 0.481 e. The highest BCUT2D eigenvalue weighted by atomic mass is 32.1. The van der Waals surface area contributed by atoms with Crippen molar-refractivity contribution in [1.82, 2.24) is 15.3 Å². The number of hydrogen-bond donors (Lipinski definition) is 6. The minimum absolute atomic E-state index is 0.0384. The van der Waals surface area contributed by atoms with Crippen molar-refractivity contribution in [1.29, 1.82) is 0 Å². The molecule has 236 valence electrons. The number of carbonyl (C=O) groups excluding carboxylic acids is 2. The van der Waals surface area contributed by atoms with Crippen molar-refractivity contribution in [3.8, 4) is 0 Å². The van der Waals surface area contributed by atoms with E-state index < -0.39 is 11.9 Å². The van der Waals surface area contributed by atoms with Crippen LogP contribution in [0.5, 0.6) is 0 Å². The van der Waals surface area contributed by atoms with E-state index in [1.807, 2.05) is 34.6 Å². The molecule has 0 saturated carbocycles. The van der Waals surface area contributed by atoms with E-state index in [4.69, 9.17) is 0 Å². The molecule has 2 aromatic heterocycles. The van der Waals surface area contributed by atoms with Gasteiger partial charge in [0.1, 0.15) is 0 Å². The van der Waals surface area contributed by atoms with Crippen LogP contribution in [0.3, 0.4) is 0 Å². The lowest BCUT2D eigenvalue weighted by Gasteiger charge is -2.18. The summed E-state index contributed by atoms with van der Waals surface area (Å²) in [4.78, 5) is 59.4. The van der Waals surface area contributed by atoms with Crippen LogP contribution in [0.15, 0.2) is 27.3 Å². The van der Waals surface area contributed by atoms with E-state index in [9.17, 15) is 29.4 Å². The fourth-order valence-electron chi connectivity index (χ4n) is 6.59. The number of carbonyl (C=O) groups is 4. The lowest BCUT2D eigenvalue weighted by Crippen LogP contribution is -2.32. The predicted octanol–water partition coefficient (Wildman–Crippen LogP) is 4.51. The van der Waals surface area contributed by atoms with Crippen molar-refractivity contribution in [2.24, 2.45) is 4.99 Å². The van der Waals surface area contributed by atoms with Gasteiger partial charge in [-0.25, -0.2) is 4.99 Å². The van der Waals surface area contributed by atoms with E-state index in [1.165, 1.54) is 0 Å². The smallest absolute Gasteiger partial charge is 0.303 e. The second-order valence-electron chi connectivity index (χ2n) is 11.8. The van der Waals surface area contributed by atoms with Gasteiger partial charge in [-0.3, -0.25) is 19.2 Å². The van der Waals surface area contributed by atoms with Crippen LogP contribution >= 0.6 is 12.6 Å². The molecule has 11 heteroatoms. The van der Waals surface area contributed by atoms with E-state index in [1.54, 1.807) is 6.92 Å². The maximum Gasteiger partial charge on any atom is 0.303 e. The van der Waals surface area contributed by atoms with Gasteiger partial charge in [0, 0.05) is 71.3 Å². The monoisotopic (exact) mass is 622 g/mol. The Balaban J connectivity index is 1.72. The van der Waals surface area contributed by atoms with Gasteiger partial charge in [0.05, 0.1) is 11.8 Å². The zero-order chi connectivity index (χ0) is 32.5. The molecule has 5 N–H and O–H groups in total. The van der Waals surface area contributed by atoms with Crippen molar-refractivity contribution in [3.05, 3.63) is 67.3 Å². The van der Waals surface area contributed by atoms with Gasteiger partial charge < -0.3 is 25.5 Å². The van der Waals surface area contributed by atoms with Gasteiger partial charge in [-0.15, -0.1) is 0 Å². The summed E-state index contributed by atoms with van der Waals surface area (Å²) in [6.45, 7) is 11.5. The number of nitrogens with zero attached hydrogens (tertiary/aromatic N) is 1. The fraction of sp³-hybridized carbons (Fsp3) is 0.485. The molecule has 4 rings (SSSR count). The maximum atomic E-state index is 12.5. The Morgan fingerprint density at radius 3 is 1.91 bits per heavy atom. The number of aromatic amines is 2. The molecule has 4 heterocycles. The topological polar surface area (TPSA) is 165 Å². The molecule has 0 radical (unpaired) electrons. The molecular weight excluding hydrogens is 580 g/mol. The lowest BCUT2D eigenvalue weighted by molar-refractivity contribution is -0.138. The van der Waals surface area contributed by atoms with Crippen LogP contribution in [-0.2, 0) is 51.3 Å². The number of aliphatic imine (C=N–C) groups is 1. The van der Waals surface area contributed by atoms with Gasteiger partial charge in [-0.2, -0.15) is 12.6 Å². The molecule has 0 fully saturated rings. The predicted molar refractivity (Wildman–Crippen MR) is 172 cm³/mol. The van der Waals surface area contributed by atoms with Gasteiger partial charge in [0.15, 0.2) is 0 Å². The first-order valence-corrected chi connectivity index (χ1v) is 15.6. The highest BCUT2D eigenvalue weighted by Gasteiger charge is 2.32. The Kier molecular flexibility index (Phi) is 10.1. The summed E-state index contributed by atoms with van der Waals surface area (Å²) in [5.41, 5.74) is 11.1. The molecule has 0 saturated heterocycles. The summed E-state index contributed by atoms with van der Waals surface area (Å²) in [7, 11) is 0. The molecule has 10 nitrogen and oxygen atoms in total. The Labute approximate surface area is 262 Å². The average Bonchev–Trinajstić information content (AvgIpc) is 3.59. The second-order valence-corrected chi connectivity index (χ2v) is 12.6. The van der Waals surface area contributed by atoms with Gasteiger partial charge >= 0.3 is 11.9 Å². The van der Waals surface area contributed by atoms with E-state index in [0.717, 1.165) is 56.2 Å². The highest BCUT2D eigenvalue weighted by Crippen LogP contribution is 2.32. The van der Waals surface area contributed by atoms with Crippen LogP contribution in [0.25, 0.3) is 0 Å². The third-order valence-corrected chi connectivity index (χ3v) is 9.34. The van der Waals surface area contributed by atoms with Crippen molar-refractivity contribution in [2.75, 3.05) is 0 Å². The van der Waals surface area contributed by atoms with Crippen molar-refractivity contribution in [2.45, 2.75) is 104 Å². The van der Waals surface area contributed by atoms with Crippen LogP contribution < -0.4 is 5.32 Å². The number of aliphatic carboxylic acids is 2. The highest BCUT2D eigenvalue weighted by molar-refractivity contribution is 7.81. The van der Waals surface area contributed by atoms with Crippen LogP contribution in [-0.4, -0.2) is 60.9 Å². The van der Waals surface area contributed by atoms with Crippen molar-refractivity contribution in [3.63, 3.8) is 0 Å². The number of allylic oxidation sites excluding steroid dienone is 1. The Morgan fingerprint density at radius 1 is 0.864 bits per heavy atom. The minimum Gasteiger partial charge on any atom is -0.481 e. The summed E-state index contributed by atoms with van der Waals surface area (Å²) in [6, 6.07) is -0.225. The first-order valence-electron chi connectivity index (χ1n) is 15.1. The zero-order valence-corrected chi connectivity index (χ0v) is 27.1. The number of nitrogens with one attached hydrogen (secondary N) is 3. The first-order chi connectivity index (χ1) is 20.7. The number of H-pyrrole nitrogens is 2. The molecule has 2 aliphatic heterocycles. The third kappa shape index (κ3) is 6.77. The molecule has 0 aromatic carbocycles. The van der Waals surface area contributed by atoms with Crippen LogP contribution in [0.2, 0.25) is 0 Å². The number of thiol groups is 1. The second kappa shape index (κ2) is 13.4. The van der Waals surface area contributed by atoms with Gasteiger partial charge in [-0.1, -0.05) is 6.92 Å².